The van der Waals surface area contributed by atoms with Crippen molar-refractivity contribution in [1.82, 2.24) is 8.87 Å². The van der Waals surface area contributed by atoms with Crippen LogP contribution in [0.15, 0.2) is 39.5 Å². The Bertz CT molecular complexity index is 1320. The Hall–Kier alpha value is -1.52. The monoisotopic (exact) mass is 511 g/mol. The Morgan fingerprint density at radius 1 is 1.25 bits per heavy atom. The van der Waals surface area contributed by atoms with Crippen LogP contribution in [-0.4, -0.2) is 36.3 Å². The van der Waals surface area contributed by atoms with Gasteiger partial charge in [0.2, 0.25) is 0 Å². The molecule has 10 heteroatoms. The van der Waals surface area contributed by atoms with Crippen molar-refractivity contribution in [1.29, 1.82) is 0 Å². The summed E-state index contributed by atoms with van der Waals surface area (Å²) in [6, 6.07) is 9.48. The van der Waals surface area contributed by atoms with Crippen molar-refractivity contribution in [3.05, 3.63) is 45.0 Å². The van der Waals surface area contributed by atoms with Crippen LogP contribution in [0.2, 0.25) is 4.34 Å². The van der Waals surface area contributed by atoms with Crippen LogP contribution in [0.25, 0.3) is 10.2 Å². The van der Waals surface area contributed by atoms with Gasteiger partial charge in [0, 0.05) is 19.6 Å². The predicted molar refractivity (Wildman–Crippen MR) is 131 cm³/mol. The van der Waals surface area contributed by atoms with Crippen LogP contribution in [0.3, 0.4) is 0 Å². The van der Waals surface area contributed by atoms with Gasteiger partial charge in [0.25, 0.3) is 15.9 Å². The molecule has 2 aromatic heterocycles. The first-order valence-electron chi connectivity index (χ1n) is 10.7. The number of rotatable bonds is 5. The standard InChI is InChI=1S/C22H26ClN3O3S3/c1-4-26-17-8-7-15(14(2)3)12-18(17)30-22(26)24-21(27)16-6-5-11-25(13-16)32(28,29)20-10-9-19(23)31-20/h7-10,12,14,16H,4-6,11,13H2,1-3H3. The number of hydrogen-bond acceptors (Lipinski definition) is 5. The molecular weight excluding hydrogens is 486 g/mol. The second-order valence-corrected chi connectivity index (χ2v) is 13.1. The van der Waals surface area contributed by atoms with Gasteiger partial charge < -0.3 is 4.57 Å². The number of piperidine rings is 1. The molecule has 172 valence electrons. The molecule has 0 radical (unpaired) electrons. The molecule has 6 nitrogen and oxygen atoms in total. The topological polar surface area (TPSA) is 71.7 Å². The lowest BCUT2D eigenvalue weighted by Gasteiger charge is -2.29. The van der Waals surface area contributed by atoms with Crippen molar-refractivity contribution >= 4 is 60.4 Å². The van der Waals surface area contributed by atoms with Gasteiger partial charge in [-0.1, -0.05) is 42.9 Å². The molecule has 1 aromatic carbocycles. The average molecular weight is 512 g/mol. The lowest BCUT2D eigenvalue weighted by atomic mass is 9.99. The van der Waals surface area contributed by atoms with Gasteiger partial charge in [0.1, 0.15) is 4.21 Å². The molecule has 0 bridgehead atoms. The summed E-state index contributed by atoms with van der Waals surface area (Å²) in [5.41, 5.74) is 2.32. The summed E-state index contributed by atoms with van der Waals surface area (Å²) in [6.45, 7) is 7.60. The molecule has 3 aromatic rings. The van der Waals surface area contributed by atoms with Crippen molar-refractivity contribution in [2.45, 2.75) is 50.3 Å². The normalized spacial score (nSPS) is 18.7. The van der Waals surface area contributed by atoms with Crippen LogP contribution < -0.4 is 4.80 Å². The number of halogens is 1. The van der Waals surface area contributed by atoms with E-state index >= 15 is 0 Å². The summed E-state index contributed by atoms with van der Waals surface area (Å²) in [4.78, 5) is 18.2. The molecule has 32 heavy (non-hydrogen) atoms. The number of nitrogens with zero attached hydrogens (tertiary/aromatic N) is 3. The van der Waals surface area contributed by atoms with E-state index in [2.05, 4.69) is 37.0 Å². The minimum atomic E-state index is -3.66. The number of carbonyl (C=O) groups excluding carboxylic acids is 1. The molecule has 4 rings (SSSR count). The van der Waals surface area contributed by atoms with E-state index in [-0.39, 0.29) is 16.7 Å². The molecule has 0 aliphatic carbocycles. The van der Waals surface area contributed by atoms with E-state index in [1.54, 1.807) is 6.07 Å². The van der Waals surface area contributed by atoms with E-state index in [4.69, 9.17) is 11.6 Å². The zero-order valence-electron chi connectivity index (χ0n) is 18.2. The Labute approximate surface area is 201 Å². The van der Waals surface area contributed by atoms with E-state index in [0.717, 1.165) is 21.6 Å². The van der Waals surface area contributed by atoms with Crippen molar-refractivity contribution in [3.63, 3.8) is 0 Å². The Kier molecular flexibility index (Phi) is 6.93. The molecule has 0 N–H and O–H groups in total. The first-order chi connectivity index (χ1) is 15.2. The first kappa shape index (κ1) is 23.6. The maximum atomic E-state index is 13.1. The van der Waals surface area contributed by atoms with Crippen molar-refractivity contribution in [2.75, 3.05) is 13.1 Å². The SMILES string of the molecule is CCn1c(=NC(=O)C2CCCN(S(=O)(=O)c3ccc(Cl)s3)C2)sc2cc(C(C)C)ccc21. The molecule has 1 atom stereocenters. The highest BCUT2D eigenvalue weighted by atomic mass is 35.5. The van der Waals surface area contributed by atoms with Gasteiger partial charge in [0.05, 0.1) is 20.5 Å². The molecule has 1 saturated heterocycles. The summed E-state index contributed by atoms with van der Waals surface area (Å²) < 4.78 is 31.1. The minimum Gasteiger partial charge on any atom is -0.317 e. The number of fused-ring (bicyclic) bond motifs is 1. The fraction of sp³-hybridized carbons (Fsp3) is 0.455. The van der Waals surface area contributed by atoms with Crippen molar-refractivity contribution in [3.8, 4) is 0 Å². The summed E-state index contributed by atoms with van der Waals surface area (Å²) in [7, 11) is -3.66. The van der Waals surface area contributed by atoms with Crippen LogP contribution in [0.1, 0.15) is 45.1 Å². The maximum absolute atomic E-state index is 13.1. The van der Waals surface area contributed by atoms with Crippen LogP contribution in [-0.2, 0) is 21.4 Å². The molecule has 3 heterocycles. The zero-order valence-corrected chi connectivity index (χ0v) is 21.5. The Morgan fingerprint density at radius 2 is 2.03 bits per heavy atom. The van der Waals surface area contributed by atoms with Crippen LogP contribution in [0, 0.1) is 5.92 Å². The first-order valence-corrected chi connectivity index (χ1v) is 14.1. The highest BCUT2D eigenvalue weighted by Crippen LogP contribution is 2.31. The molecule has 0 saturated carbocycles. The van der Waals surface area contributed by atoms with E-state index in [1.165, 1.54) is 27.3 Å². The van der Waals surface area contributed by atoms with Crippen LogP contribution >= 0.6 is 34.3 Å². The molecule has 0 spiro atoms. The number of benzene rings is 1. The number of thiophene rings is 1. The fourth-order valence-electron chi connectivity index (χ4n) is 3.95. The van der Waals surface area contributed by atoms with Crippen molar-refractivity contribution in [2.24, 2.45) is 10.9 Å². The number of aromatic nitrogens is 1. The maximum Gasteiger partial charge on any atom is 0.252 e. The Morgan fingerprint density at radius 3 is 2.69 bits per heavy atom. The largest absolute Gasteiger partial charge is 0.317 e. The van der Waals surface area contributed by atoms with Crippen LogP contribution in [0.5, 0.6) is 0 Å². The third-order valence-corrected chi connectivity index (χ3v) is 10.4. The van der Waals surface area contributed by atoms with Gasteiger partial charge in [-0.25, -0.2) is 8.42 Å². The van der Waals surface area contributed by atoms with E-state index in [1.807, 2.05) is 11.5 Å². The number of amides is 1. The molecule has 1 amide bonds. The number of carbonyl (C=O) groups is 1. The molecule has 1 aliphatic rings. The van der Waals surface area contributed by atoms with E-state index in [0.29, 0.717) is 41.0 Å². The fourth-order valence-corrected chi connectivity index (χ4v) is 8.26. The molecule has 1 unspecified atom stereocenters. The summed E-state index contributed by atoms with van der Waals surface area (Å²) in [5, 5.41) is 0. The third kappa shape index (κ3) is 4.59. The van der Waals surface area contributed by atoms with Gasteiger partial charge >= 0.3 is 0 Å². The smallest absolute Gasteiger partial charge is 0.252 e. The summed E-state index contributed by atoms with van der Waals surface area (Å²) >= 11 is 8.47. The van der Waals surface area contributed by atoms with Crippen molar-refractivity contribution < 1.29 is 13.2 Å². The number of thiazole rings is 1. The summed E-state index contributed by atoms with van der Waals surface area (Å²) in [5.74, 6) is -0.283. The second kappa shape index (κ2) is 9.38. The van der Waals surface area contributed by atoms with E-state index < -0.39 is 15.9 Å². The number of sulfonamides is 1. The van der Waals surface area contributed by atoms with Gasteiger partial charge in [-0.15, -0.1) is 11.3 Å². The quantitative estimate of drug-likeness (QED) is 0.479. The highest BCUT2D eigenvalue weighted by Gasteiger charge is 2.34. The van der Waals surface area contributed by atoms with Gasteiger partial charge in [-0.3, -0.25) is 4.79 Å². The number of hydrogen-bond donors (Lipinski definition) is 0. The lowest BCUT2D eigenvalue weighted by Crippen LogP contribution is -2.42. The minimum absolute atomic E-state index is 0.148. The molecule has 1 aliphatic heterocycles. The Balaban J connectivity index is 1.62. The highest BCUT2D eigenvalue weighted by molar-refractivity contribution is 7.91. The third-order valence-electron chi connectivity index (χ3n) is 5.77. The van der Waals surface area contributed by atoms with E-state index in [9.17, 15) is 13.2 Å². The predicted octanol–water partition coefficient (Wildman–Crippen LogP) is 5.09. The second-order valence-electron chi connectivity index (χ2n) is 8.22. The van der Waals surface area contributed by atoms with Crippen LogP contribution in [0.4, 0.5) is 0 Å². The zero-order chi connectivity index (χ0) is 23.0. The molecular formula is C22H26ClN3O3S3. The number of aryl methyl sites for hydroxylation is 1. The lowest BCUT2D eigenvalue weighted by molar-refractivity contribution is -0.122. The van der Waals surface area contributed by atoms with Gasteiger partial charge in [-0.2, -0.15) is 9.30 Å². The van der Waals surface area contributed by atoms with Gasteiger partial charge in [-0.05, 0) is 55.5 Å². The van der Waals surface area contributed by atoms with Gasteiger partial charge in [0.15, 0.2) is 4.80 Å². The summed E-state index contributed by atoms with van der Waals surface area (Å²) in [6.07, 6.45) is 1.26. The average Bonchev–Trinajstić information content (AvgIpc) is 3.36. The molecule has 1 fully saturated rings.